The molecule has 4 aromatic rings. The van der Waals surface area contributed by atoms with Crippen LogP contribution in [0.15, 0.2) is 72.8 Å². The minimum Gasteiger partial charge on any atom is -0.504 e. The number of hydrogen-bond donors (Lipinski definition) is 4. The number of benzene rings is 4. The molecule has 2 aliphatic carbocycles. The quantitative estimate of drug-likeness (QED) is 0.210. The molecule has 0 fully saturated rings. The average molecular weight is 516 g/mol. The van der Waals surface area contributed by atoms with Crippen LogP contribution < -0.4 is 0 Å². The van der Waals surface area contributed by atoms with Crippen molar-refractivity contribution in [3.8, 4) is 23.0 Å². The van der Waals surface area contributed by atoms with Crippen LogP contribution in [0, 0.1) is 0 Å². The summed E-state index contributed by atoms with van der Waals surface area (Å²) in [6, 6.07) is 23.2. The third kappa shape index (κ3) is 4.70. The van der Waals surface area contributed by atoms with Gasteiger partial charge in [0.25, 0.3) is 0 Å². The van der Waals surface area contributed by atoms with E-state index >= 15 is 0 Å². The Labute approximate surface area is 211 Å². The van der Waals surface area contributed by atoms with Gasteiger partial charge in [-0.15, -0.1) is 0 Å². The molecule has 0 spiro atoms. The zero-order chi connectivity index (χ0) is 22.2. The van der Waals surface area contributed by atoms with Crippen LogP contribution in [-0.4, -0.2) is 20.4 Å². The first kappa shape index (κ1) is 23.1. The Morgan fingerprint density at radius 1 is 0.364 bits per heavy atom. The first-order valence-corrected chi connectivity index (χ1v) is 10.7. The van der Waals surface area contributed by atoms with Gasteiger partial charge in [0.05, 0.1) is 0 Å². The third-order valence-corrected chi connectivity index (χ3v) is 6.35. The van der Waals surface area contributed by atoms with Gasteiger partial charge in [-0.3, -0.25) is 0 Å². The van der Waals surface area contributed by atoms with E-state index in [2.05, 4.69) is 24.3 Å². The summed E-state index contributed by atoms with van der Waals surface area (Å²) < 4.78 is 0. The van der Waals surface area contributed by atoms with E-state index in [9.17, 15) is 20.4 Å². The Hall–Kier alpha value is -3.04. The standard InChI is InChI=1S/2C14H12O2.Zr/c2*15-13-7-11-5-9-3-1-2-4-10(9)6-12(11)8-14(13)16;/h2*1-4,7-8,15-16H,5-6H2;. The Balaban J connectivity index is 0.000000152. The van der Waals surface area contributed by atoms with E-state index in [0.29, 0.717) is 0 Å². The van der Waals surface area contributed by atoms with Gasteiger partial charge in [-0.25, -0.2) is 0 Å². The summed E-state index contributed by atoms with van der Waals surface area (Å²) in [6.07, 6.45) is 3.33. The molecule has 0 bridgehead atoms. The molecule has 0 atom stereocenters. The van der Waals surface area contributed by atoms with Crippen molar-refractivity contribution >= 4 is 0 Å². The van der Waals surface area contributed by atoms with Crippen molar-refractivity contribution < 1.29 is 46.6 Å². The summed E-state index contributed by atoms with van der Waals surface area (Å²) >= 11 is 0. The summed E-state index contributed by atoms with van der Waals surface area (Å²) in [5.41, 5.74) is 9.64. The summed E-state index contributed by atoms with van der Waals surface area (Å²) in [4.78, 5) is 0. The molecule has 0 saturated heterocycles. The van der Waals surface area contributed by atoms with E-state index in [1.807, 2.05) is 24.3 Å². The van der Waals surface area contributed by atoms with Crippen molar-refractivity contribution in [2.75, 3.05) is 0 Å². The van der Waals surface area contributed by atoms with Gasteiger partial charge in [0.15, 0.2) is 23.0 Å². The van der Waals surface area contributed by atoms with Gasteiger partial charge in [-0.05, 0) is 94.5 Å². The molecule has 164 valence electrons. The van der Waals surface area contributed by atoms with Crippen LogP contribution in [-0.2, 0) is 51.9 Å². The first-order chi connectivity index (χ1) is 15.5. The van der Waals surface area contributed by atoms with E-state index in [-0.39, 0.29) is 49.2 Å². The molecule has 4 aromatic carbocycles. The summed E-state index contributed by atoms with van der Waals surface area (Å²) in [5, 5.41) is 37.9. The molecule has 6 rings (SSSR count). The molecule has 5 heteroatoms. The first-order valence-electron chi connectivity index (χ1n) is 10.7. The molecule has 0 aliphatic heterocycles. The van der Waals surface area contributed by atoms with Crippen molar-refractivity contribution in [3.63, 3.8) is 0 Å². The van der Waals surface area contributed by atoms with E-state index < -0.39 is 0 Å². The minimum absolute atomic E-state index is 0. The molecule has 0 unspecified atom stereocenters. The largest absolute Gasteiger partial charge is 0.504 e. The molecule has 4 N–H and O–H groups in total. The maximum Gasteiger partial charge on any atom is 0.157 e. The molecule has 2 aliphatic rings. The molecule has 0 radical (unpaired) electrons. The van der Waals surface area contributed by atoms with Gasteiger partial charge < -0.3 is 20.4 Å². The van der Waals surface area contributed by atoms with Gasteiger partial charge in [0.2, 0.25) is 0 Å². The van der Waals surface area contributed by atoms with Crippen molar-refractivity contribution in [2.45, 2.75) is 25.7 Å². The average Bonchev–Trinajstić information content (AvgIpc) is 2.79. The Bertz CT molecular complexity index is 1130. The van der Waals surface area contributed by atoms with Gasteiger partial charge >= 0.3 is 0 Å². The molecule has 0 aromatic heterocycles. The number of rotatable bonds is 0. The predicted molar refractivity (Wildman–Crippen MR) is 124 cm³/mol. The minimum atomic E-state index is -0.0295. The van der Waals surface area contributed by atoms with Gasteiger partial charge in [0.1, 0.15) is 0 Å². The molecule has 0 amide bonds. The normalized spacial score (nSPS) is 12.6. The fourth-order valence-electron chi connectivity index (χ4n) is 4.61. The van der Waals surface area contributed by atoms with Crippen LogP contribution in [0.3, 0.4) is 0 Å². The predicted octanol–water partition coefficient (Wildman–Crippen LogP) is 5.18. The van der Waals surface area contributed by atoms with Crippen LogP contribution in [0.25, 0.3) is 0 Å². The number of fused-ring (bicyclic) bond motifs is 4. The number of phenolic OH excluding ortho intramolecular Hbond substituents is 4. The van der Waals surface area contributed by atoms with E-state index in [1.54, 1.807) is 24.3 Å². The number of hydrogen-bond acceptors (Lipinski definition) is 4. The van der Waals surface area contributed by atoms with Crippen molar-refractivity contribution in [1.29, 1.82) is 0 Å². The number of aromatic hydroxyl groups is 4. The monoisotopic (exact) mass is 514 g/mol. The van der Waals surface area contributed by atoms with Crippen molar-refractivity contribution in [2.24, 2.45) is 0 Å². The summed E-state index contributed by atoms with van der Waals surface area (Å²) in [7, 11) is 0. The van der Waals surface area contributed by atoms with Crippen LogP contribution in [0.1, 0.15) is 44.5 Å². The van der Waals surface area contributed by atoms with Crippen molar-refractivity contribution in [1.82, 2.24) is 0 Å². The van der Waals surface area contributed by atoms with E-state index in [4.69, 9.17) is 0 Å². The van der Waals surface area contributed by atoms with Crippen LogP contribution in [0.4, 0.5) is 0 Å². The van der Waals surface area contributed by atoms with Crippen LogP contribution in [0.5, 0.6) is 23.0 Å². The fraction of sp³-hybridized carbons (Fsp3) is 0.143. The maximum absolute atomic E-state index is 9.47. The van der Waals surface area contributed by atoms with Gasteiger partial charge in [0, 0.05) is 26.2 Å². The van der Waals surface area contributed by atoms with Gasteiger partial charge in [-0.1, -0.05) is 48.5 Å². The summed E-state index contributed by atoms with van der Waals surface area (Å²) in [5.74, 6) is -0.118. The second kappa shape index (κ2) is 9.45. The Morgan fingerprint density at radius 3 is 0.788 bits per heavy atom. The maximum atomic E-state index is 9.47. The van der Waals surface area contributed by atoms with Crippen LogP contribution >= 0.6 is 0 Å². The van der Waals surface area contributed by atoms with E-state index in [0.717, 1.165) is 47.9 Å². The Kier molecular flexibility index (Phi) is 6.62. The molecule has 0 heterocycles. The molecular weight excluding hydrogens is 492 g/mol. The topological polar surface area (TPSA) is 80.9 Å². The van der Waals surface area contributed by atoms with E-state index in [1.165, 1.54) is 22.3 Å². The summed E-state index contributed by atoms with van der Waals surface area (Å²) in [6.45, 7) is 0. The zero-order valence-corrected chi connectivity index (χ0v) is 20.5. The zero-order valence-electron chi connectivity index (χ0n) is 18.0. The second-order valence-electron chi connectivity index (χ2n) is 8.46. The van der Waals surface area contributed by atoms with Gasteiger partial charge in [-0.2, -0.15) is 0 Å². The fourth-order valence-corrected chi connectivity index (χ4v) is 4.61. The van der Waals surface area contributed by atoms with Crippen molar-refractivity contribution in [3.05, 3.63) is 117 Å². The molecule has 33 heavy (non-hydrogen) atoms. The van der Waals surface area contributed by atoms with Crippen LogP contribution in [0.2, 0.25) is 0 Å². The Morgan fingerprint density at radius 2 is 0.576 bits per heavy atom. The smallest absolute Gasteiger partial charge is 0.157 e. The number of phenols is 4. The second-order valence-corrected chi connectivity index (χ2v) is 8.46. The third-order valence-electron chi connectivity index (χ3n) is 6.35. The molecule has 0 saturated carbocycles. The molecule has 4 nitrogen and oxygen atoms in total. The molecular formula is C28H24O4Zr. The SMILES string of the molecule is Oc1cc2c(cc1O)Cc1ccccc1C2.Oc1cc2c(cc1O)Cc1ccccc1C2.[Zr].